The van der Waals surface area contributed by atoms with Crippen LogP contribution in [-0.2, 0) is 6.42 Å². The number of likely N-dealkylation sites (N-methyl/N-ethyl adjacent to an activating group) is 1. The summed E-state index contributed by atoms with van der Waals surface area (Å²) in [5.74, 6) is -1.55. The van der Waals surface area contributed by atoms with E-state index >= 15 is 0 Å². The number of hydrogen-bond acceptors (Lipinski definition) is 1. The molecule has 112 valence electrons. The fraction of sp³-hybridized carbons (Fsp3) is 0.294. The molecule has 0 aliphatic heterocycles. The molecule has 21 heavy (non-hydrogen) atoms. The smallest absolute Gasteiger partial charge is 0.162 e. The average molecular weight is 354 g/mol. The van der Waals surface area contributed by atoms with Gasteiger partial charge in [-0.15, -0.1) is 0 Å². The zero-order valence-electron chi connectivity index (χ0n) is 12.1. The number of aryl methyl sites for hydroxylation is 1. The van der Waals surface area contributed by atoms with Gasteiger partial charge in [-0.05, 0) is 54.8 Å². The third kappa shape index (κ3) is 3.89. The normalized spacial score (nSPS) is 12.4. The van der Waals surface area contributed by atoms with Gasteiger partial charge in [0, 0.05) is 10.5 Å². The molecule has 1 atom stereocenters. The number of hydrogen-bond donors (Lipinski definition) is 1. The standard InChI is InChI=1S/C17H18BrF2N/c1-3-21-16(14-10-13(18)8-7-11(14)2)9-12-5-4-6-15(19)17(12)20/h4-8,10,16,21H,3,9H2,1-2H3. The molecule has 0 heterocycles. The summed E-state index contributed by atoms with van der Waals surface area (Å²) in [6.07, 6.45) is 0.411. The summed E-state index contributed by atoms with van der Waals surface area (Å²) >= 11 is 3.47. The molecular formula is C17H18BrF2N. The second kappa shape index (κ2) is 7.14. The van der Waals surface area contributed by atoms with Crippen molar-refractivity contribution in [2.45, 2.75) is 26.3 Å². The maximum atomic E-state index is 13.9. The zero-order valence-corrected chi connectivity index (χ0v) is 13.7. The Balaban J connectivity index is 2.35. The average Bonchev–Trinajstić information content (AvgIpc) is 2.46. The zero-order chi connectivity index (χ0) is 15.4. The molecule has 2 aromatic rings. The molecule has 4 heteroatoms. The van der Waals surface area contributed by atoms with Crippen LogP contribution in [0, 0.1) is 18.6 Å². The Labute approximate surface area is 132 Å². The molecular weight excluding hydrogens is 336 g/mol. The molecule has 0 aliphatic rings. The van der Waals surface area contributed by atoms with Crippen LogP contribution in [0.3, 0.4) is 0 Å². The van der Waals surface area contributed by atoms with Gasteiger partial charge in [-0.3, -0.25) is 0 Å². The Kier molecular flexibility index (Phi) is 5.48. The van der Waals surface area contributed by atoms with Crippen LogP contribution in [0.1, 0.15) is 29.7 Å². The molecule has 0 radical (unpaired) electrons. The molecule has 2 aromatic carbocycles. The molecule has 0 fully saturated rings. The van der Waals surface area contributed by atoms with Crippen LogP contribution in [0.2, 0.25) is 0 Å². The second-order valence-corrected chi connectivity index (χ2v) is 5.94. The minimum absolute atomic E-state index is 0.0520. The Morgan fingerprint density at radius 3 is 2.67 bits per heavy atom. The van der Waals surface area contributed by atoms with Crippen molar-refractivity contribution in [3.8, 4) is 0 Å². The van der Waals surface area contributed by atoms with Crippen LogP contribution in [0.15, 0.2) is 40.9 Å². The number of benzene rings is 2. The fourth-order valence-electron chi connectivity index (χ4n) is 2.45. The summed E-state index contributed by atoms with van der Waals surface area (Å²) in [5, 5.41) is 3.35. The lowest BCUT2D eigenvalue weighted by Crippen LogP contribution is -2.24. The van der Waals surface area contributed by atoms with E-state index in [0.29, 0.717) is 12.0 Å². The predicted octanol–water partition coefficient (Wildman–Crippen LogP) is 4.93. The summed E-state index contributed by atoms with van der Waals surface area (Å²) in [7, 11) is 0. The van der Waals surface area contributed by atoms with Crippen LogP contribution in [-0.4, -0.2) is 6.54 Å². The summed E-state index contributed by atoms with van der Waals surface area (Å²) < 4.78 is 28.2. The quantitative estimate of drug-likeness (QED) is 0.803. The molecule has 1 unspecified atom stereocenters. The third-order valence-electron chi connectivity index (χ3n) is 3.52. The number of halogens is 3. The van der Waals surface area contributed by atoms with Crippen LogP contribution < -0.4 is 5.32 Å². The van der Waals surface area contributed by atoms with E-state index in [1.54, 1.807) is 12.1 Å². The largest absolute Gasteiger partial charge is 0.310 e. The molecule has 0 bridgehead atoms. The maximum Gasteiger partial charge on any atom is 0.162 e. The Bertz CT molecular complexity index is 628. The van der Waals surface area contributed by atoms with Crippen LogP contribution >= 0.6 is 15.9 Å². The van der Waals surface area contributed by atoms with Crippen LogP contribution in [0.5, 0.6) is 0 Å². The van der Waals surface area contributed by atoms with E-state index in [4.69, 9.17) is 0 Å². The van der Waals surface area contributed by atoms with E-state index in [-0.39, 0.29) is 6.04 Å². The van der Waals surface area contributed by atoms with Crippen molar-refractivity contribution >= 4 is 15.9 Å². The monoisotopic (exact) mass is 353 g/mol. The summed E-state index contributed by atoms with van der Waals surface area (Å²) in [6.45, 7) is 4.78. The Morgan fingerprint density at radius 1 is 1.19 bits per heavy atom. The highest BCUT2D eigenvalue weighted by Crippen LogP contribution is 2.26. The van der Waals surface area contributed by atoms with Crippen LogP contribution in [0.25, 0.3) is 0 Å². The lowest BCUT2D eigenvalue weighted by molar-refractivity contribution is 0.480. The van der Waals surface area contributed by atoms with Gasteiger partial charge in [-0.25, -0.2) is 8.78 Å². The first-order valence-electron chi connectivity index (χ1n) is 6.95. The lowest BCUT2D eigenvalue weighted by atomic mass is 9.95. The van der Waals surface area contributed by atoms with Gasteiger partial charge in [0.2, 0.25) is 0 Å². The maximum absolute atomic E-state index is 13.9. The van der Waals surface area contributed by atoms with Crippen molar-refractivity contribution in [2.75, 3.05) is 6.54 Å². The topological polar surface area (TPSA) is 12.0 Å². The molecule has 0 saturated heterocycles. The fourth-order valence-corrected chi connectivity index (χ4v) is 2.83. The molecule has 0 aliphatic carbocycles. The molecule has 0 aromatic heterocycles. The van der Waals surface area contributed by atoms with Crippen molar-refractivity contribution < 1.29 is 8.78 Å². The van der Waals surface area contributed by atoms with Gasteiger partial charge in [0.15, 0.2) is 11.6 Å². The van der Waals surface area contributed by atoms with Gasteiger partial charge in [0.25, 0.3) is 0 Å². The van der Waals surface area contributed by atoms with Gasteiger partial charge in [-0.1, -0.05) is 41.1 Å². The molecule has 1 N–H and O–H groups in total. The highest BCUT2D eigenvalue weighted by Gasteiger charge is 2.17. The van der Waals surface area contributed by atoms with Gasteiger partial charge >= 0.3 is 0 Å². The third-order valence-corrected chi connectivity index (χ3v) is 4.02. The predicted molar refractivity (Wildman–Crippen MR) is 85.4 cm³/mol. The lowest BCUT2D eigenvalue weighted by Gasteiger charge is -2.21. The van der Waals surface area contributed by atoms with Gasteiger partial charge in [-0.2, -0.15) is 0 Å². The summed E-state index contributed by atoms with van der Waals surface area (Å²) in [5.41, 5.74) is 2.61. The van der Waals surface area contributed by atoms with Crippen molar-refractivity contribution in [1.29, 1.82) is 0 Å². The van der Waals surface area contributed by atoms with Gasteiger partial charge in [0.1, 0.15) is 0 Å². The minimum atomic E-state index is -0.797. The van der Waals surface area contributed by atoms with Crippen molar-refractivity contribution in [3.63, 3.8) is 0 Å². The summed E-state index contributed by atoms with van der Waals surface area (Å²) in [4.78, 5) is 0. The van der Waals surface area contributed by atoms with Gasteiger partial charge in [0.05, 0.1) is 0 Å². The SMILES string of the molecule is CCNC(Cc1cccc(F)c1F)c1cc(Br)ccc1C. The highest BCUT2D eigenvalue weighted by molar-refractivity contribution is 9.10. The highest BCUT2D eigenvalue weighted by atomic mass is 79.9. The van der Waals surface area contributed by atoms with Crippen molar-refractivity contribution in [3.05, 3.63) is 69.2 Å². The van der Waals surface area contributed by atoms with E-state index in [1.807, 2.05) is 32.0 Å². The molecule has 2 rings (SSSR count). The molecule has 1 nitrogen and oxygen atoms in total. The minimum Gasteiger partial charge on any atom is -0.310 e. The van der Waals surface area contributed by atoms with E-state index in [9.17, 15) is 8.78 Å². The van der Waals surface area contributed by atoms with E-state index in [0.717, 1.165) is 28.2 Å². The Morgan fingerprint density at radius 2 is 1.95 bits per heavy atom. The van der Waals surface area contributed by atoms with Crippen molar-refractivity contribution in [1.82, 2.24) is 5.32 Å². The van der Waals surface area contributed by atoms with E-state index in [1.165, 1.54) is 0 Å². The first kappa shape index (κ1) is 16.1. The molecule has 0 saturated carbocycles. The number of nitrogens with one attached hydrogen (secondary N) is 1. The summed E-state index contributed by atoms with van der Waals surface area (Å²) in [6, 6.07) is 10.3. The first-order chi connectivity index (χ1) is 10.0. The van der Waals surface area contributed by atoms with E-state index < -0.39 is 11.6 Å². The Hall–Kier alpha value is -1.26. The second-order valence-electron chi connectivity index (χ2n) is 5.03. The molecule has 0 spiro atoms. The van der Waals surface area contributed by atoms with Crippen molar-refractivity contribution in [2.24, 2.45) is 0 Å². The first-order valence-corrected chi connectivity index (χ1v) is 7.74. The molecule has 0 amide bonds. The van der Waals surface area contributed by atoms with Crippen LogP contribution in [0.4, 0.5) is 8.78 Å². The van der Waals surface area contributed by atoms with E-state index in [2.05, 4.69) is 21.2 Å². The number of rotatable bonds is 5. The van der Waals surface area contributed by atoms with Gasteiger partial charge < -0.3 is 5.32 Å².